The molecule has 2 aromatic carbocycles. The van der Waals surface area contributed by atoms with Gasteiger partial charge in [0.15, 0.2) is 11.5 Å². The first kappa shape index (κ1) is 22.9. The number of rotatable bonds is 3. The van der Waals surface area contributed by atoms with Crippen molar-refractivity contribution < 1.29 is 29.6 Å². The van der Waals surface area contributed by atoms with Crippen molar-refractivity contribution in [3.63, 3.8) is 0 Å². The number of carbonyl (C=O) groups is 2. The summed E-state index contributed by atoms with van der Waals surface area (Å²) in [6.07, 6.45) is 4.55. The molecule has 0 aromatic heterocycles. The van der Waals surface area contributed by atoms with Crippen molar-refractivity contribution in [3.05, 3.63) is 58.1 Å². The average Bonchev–Trinajstić information content (AvgIpc) is 2.70. The van der Waals surface area contributed by atoms with E-state index in [1.807, 2.05) is 24.3 Å². The first-order valence-corrected chi connectivity index (χ1v) is 10.4. The minimum atomic E-state index is -1.82. The van der Waals surface area contributed by atoms with Gasteiger partial charge in [-0.25, -0.2) is 9.59 Å². The highest BCUT2D eigenvalue weighted by Crippen LogP contribution is 2.56. The van der Waals surface area contributed by atoms with E-state index in [9.17, 15) is 5.11 Å². The van der Waals surface area contributed by atoms with Crippen molar-refractivity contribution in [2.24, 2.45) is 0 Å². The van der Waals surface area contributed by atoms with E-state index in [1.165, 1.54) is 23.1 Å². The summed E-state index contributed by atoms with van der Waals surface area (Å²) in [5, 5.41) is 25.9. The molecule has 166 valence electrons. The highest BCUT2D eigenvalue weighted by molar-refractivity contribution is 6.30. The largest absolute Gasteiger partial charge is 0.504 e. The maximum Gasteiger partial charge on any atom is 0.414 e. The van der Waals surface area contributed by atoms with Gasteiger partial charge in [-0.3, -0.25) is 4.90 Å². The monoisotopic (exact) mass is 447 g/mol. The summed E-state index contributed by atoms with van der Waals surface area (Å²) in [4.78, 5) is 20.6. The van der Waals surface area contributed by atoms with E-state index in [0.717, 1.165) is 30.8 Å². The van der Waals surface area contributed by atoms with Gasteiger partial charge >= 0.3 is 11.9 Å². The molecule has 3 N–H and O–H groups in total. The van der Waals surface area contributed by atoms with Crippen LogP contribution in [0.2, 0.25) is 5.02 Å². The SMILES string of the molecule is COc1cc2c(cc1O)C(C1(c3ccc(Cl)cc3)CCC1)N(C)CC2.O=C(O)C(=O)O. The number of hydrogen-bond donors (Lipinski definition) is 3. The van der Waals surface area contributed by atoms with Crippen LogP contribution < -0.4 is 4.74 Å². The molecule has 4 rings (SSSR count). The van der Waals surface area contributed by atoms with Gasteiger partial charge in [0.1, 0.15) is 0 Å². The first-order valence-electron chi connectivity index (χ1n) is 10.0. The van der Waals surface area contributed by atoms with Gasteiger partial charge in [0.2, 0.25) is 0 Å². The highest BCUT2D eigenvalue weighted by Gasteiger charge is 2.49. The molecule has 7 nitrogen and oxygen atoms in total. The zero-order valence-corrected chi connectivity index (χ0v) is 18.2. The van der Waals surface area contributed by atoms with E-state index in [1.54, 1.807) is 7.11 Å². The van der Waals surface area contributed by atoms with Crippen molar-refractivity contribution in [1.29, 1.82) is 0 Å². The van der Waals surface area contributed by atoms with E-state index in [2.05, 4.69) is 24.1 Å². The molecule has 2 aliphatic rings. The lowest BCUT2D eigenvalue weighted by molar-refractivity contribution is -0.159. The molecular formula is C23H26ClNO6. The maximum atomic E-state index is 10.4. The predicted molar refractivity (Wildman–Crippen MR) is 116 cm³/mol. The van der Waals surface area contributed by atoms with Gasteiger partial charge in [-0.15, -0.1) is 0 Å². The minimum absolute atomic E-state index is 0.0928. The summed E-state index contributed by atoms with van der Waals surface area (Å²) in [6, 6.07) is 12.5. The molecule has 0 amide bonds. The Balaban J connectivity index is 0.000000401. The Labute approximate surface area is 185 Å². The zero-order valence-electron chi connectivity index (χ0n) is 17.5. The number of carboxylic acid groups (broad SMARTS) is 2. The number of nitrogens with zero attached hydrogens (tertiary/aromatic N) is 1. The van der Waals surface area contributed by atoms with Crippen LogP contribution in [0.5, 0.6) is 11.5 Å². The van der Waals surface area contributed by atoms with Gasteiger partial charge in [-0.05, 0) is 67.3 Å². The Bertz CT molecular complexity index is 959. The van der Waals surface area contributed by atoms with Gasteiger partial charge in [-0.2, -0.15) is 0 Å². The Hall–Kier alpha value is -2.77. The predicted octanol–water partition coefficient (Wildman–Crippen LogP) is 3.86. The van der Waals surface area contributed by atoms with Gasteiger partial charge in [0.05, 0.1) is 7.11 Å². The second-order valence-electron chi connectivity index (χ2n) is 7.98. The van der Waals surface area contributed by atoms with E-state index in [-0.39, 0.29) is 17.2 Å². The fourth-order valence-corrected chi connectivity index (χ4v) is 4.83. The number of aliphatic carboxylic acids is 2. The van der Waals surface area contributed by atoms with Crippen molar-refractivity contribution in [2.45, 2.75) is 37.1 Å². The molecule has 2 aromatic rings. The van der Waals surface area contributed by atoms with Gasteiger partial charge < -0.3 is 20.1 Å². The Morgan fingerprint density at radius 3 is 2.23 bits per heavy atom. The van der Waals surface area contributed by atoms with E-state index < -0.39 is 11.9 Å². The number of carboxylic acids is 2. The summed E-state index contributed by atoms with van der Waals surface area (Å²) < 4.78 is 5.32. The molecule has 0 spiro atoms. The normalized spacial score (nSPS) is 19.3. The van der Waals surface area contributed by atoms with E-state index >= 15 is 0 Å². The van der Waals surface area contributed by atoms with Gasteiger partial charge in [-0.1, -0.05) is 30.2 Å². The van der Waals surface area contributed by atoms with Crippen LogP contribution in [0.15, 0.2) is 36.4 Å². The van der Waals surface area contributed by atoms with Crippen molar-refractivity contribution >= 4 is 23.5 Å². The second kappa shape index (κ2) is 9.16. The number of likely N-dealkylation sites (N-methyl/N-ethyl adjacent to an activating group) is 1. The van der Waals surface area contributed by atoms with Crippen LogP contribution in [0.25, 0.3) is 0 Å². The zero-order chi connectivity index (χ0) is 22.8. The highest BCUT2D eigenvalue weighted by atomic mass is 35.5. The smallest absolute Gasteiger partial charge is 0.414 e. The number of aromatic hydroxyl groups is 1. The topological polar surface area (TPSA) is 107 Å². The number of methoxy groups -OCH3 is 1. The third kappa shape index (κ3) is 4.48. The summed E-state index contributed by atoms with van der Waals surface area (Å²) in [5.41, 5.74) is 3.97. The first-order chi connectivity index (χ1) is 14.7. The van der Waals surface area contributed by atoms with Crippen LogP contribution in [0, 0.1) is 0 Å². The van der Waals surface area contributed by atoms with Crippen molar-refractivity contribution in [3.8, 4) is 11.5 Å². The number of phenols is 1. The van der Waals surface area contributed by atoms with Crippen LogP contribution in [0.1, 0.15) is 42.0 Å². The fraction of sp³-hybridized carbons (Fsp3) is 0.391. The number of phenolic OH excluding ortho intramolecular Hbond substituents is 1. The lowest BCUT2D eigenvalue weighted by atomic mass is 9.57. The summed E-state index contributed by atoms with van der Waals surface area (Å²) >= 11 is 6.12. The van der Waals surface area contributed by atoms with Gasteiger partial charge in [0.25, 0.3) is 0 Å². The van der Waals surface area contributed by atoms with E-state index in [0.29, 0.717) is 5.75 Å². The summed E-state index contributed by atoms with van der Waals surface area (Å²) in [7, 11) is 3.81. The third-order valence-corrected chi connectivity index (χ3v) is 6.53. The Kier molecular flexibility index (Phi) is 6.77. The van der Waals surface area contributed by atoms with Crippen molar-refractivity contribution in [1.82, 2.24) is 4.90 Å². The summed E-state index contributed by atoms with van der Waals surface area (Å²) in [6.45, 7) is 1.01. The number of hydrogen-bond acceptors (Lipinski definition) is 5. The van der Waals surface area contributed by atoms with Crippen LogP contribution in [-0.4, -0.2) is 52.9 Å². The molecule has 0 saturated heterocycles. The quantitative estimate of drug-likeness (QED) is 0.613. The lowest BCUT2D eigenvalue weighted by Crippen LogP contribution is -2.49. The standard InChI is InChI=1S/C21H24ClNO2.C2H2O4/c1-23-11-8-14-12-19(25-2)18(24)13-17(14)20(23)21(9-3-10-21)15-4-6-16(22)7-5-15;3-1(4)2(5)6/h4-7,12-13,20,24H,3,8-11H2,1-2H3;(H,3,4)(H,5,6). The number of benzene rings is 2. The minimum Gasteiger partial charge on any atom is -0.504 e. The second-order valence-corrected chi connectivity index (χ2v) is 8.42. The molecule has 1 atom stereocenters. The molecule has 0 bridgehead atoms. The Morgan fingerprint density at radius 1 is 1.13 bits per heavy atom. The molecule has 1 saturated carbocycles. The molecule has 1 unspecified atom stereocenters. The lowest BCUT2D eigenvalue weighted by Gasteiger charge is -2.53. The molecular weight excluding hydrogens is 422 g/mol. The Morgan fingerprint density at radius 2 is 1.74 bits per heavy atom. The molecule has 1 aliphatic carbocycles. The van der Waals surface area contributed by atoms with Crippen molar-refractivity contribution in [2.75, 3.05) is 20.7 Å². The summed E-state index contributed by atoms with van der Waals surface area (Å²) in [5.74, 6) is -2.85. The molecule has 31 heavy (non-hydrogen) atoms. The fourth-order valence-electron chi connectivity index (χ4n) is 4.70. The van der Waals surface area contributed by atoms with E-state index in [4.69, 9.17) is 36.1 Å². The number of fused-ring (bicyclic) bond motifs is 1. The van der Waals surface area contributed by atoms with Crippen LogP contribution in [0.4, 0.5) is 0 Å². The maximum absolute atomic E-state index is 10.4. The number of halogens is 1. The molecule has 1 heterocycles. The number of ether oxygens (including phenoxy) is 1. The molecule has 0 radical (unpaired) electrons. The van der Waals surface area contributed by atoms with Gasteiger partial charge in [0, 0.05) is 23.0 Å². The molecule has 1 aliphatic heterocycles. The van der Waals surface area contributed by atoms with Crippen LogP contribution in [-0.2, 0) is 21.4 Å². The molecule has 1 fully saturated rings. The average molecular weight is 448 g/mol. The van der Waals surface area contributed by atoms with Crippen LogP contribution >= 0.6 is 11.6 Å². The molecule has 8 heteroatoms. The van der Waals surface area contributed by atoms with Crippen LogP contribution in [0.3, 0.4) is 0 Å². The third-order valence-electron chi connectivity index (χ3n) is 6.28.